The molecule has 0 aliphatic carbocycles. The van der Waals surface area contributed by atoms with Crippen molar-refractivity contribution in [1.82, 2.24) is 0 Å². The maximum Gasteiger partial charge on any atom is 1.00 e. The van der Waals surface area contributed by atoms with E-state index in [0.29, 0.717) is 0 Å². The summed E-state index contributed by atoms with van der Waals surface area (Å²) in [5.41, 5.74) is 0. The average Bonchev–Trinajstić information content (AvgIpc) is 2.33. The Labute approximate surface area is 137 Å². The van der Waals surface area contributed by atoms with Crippen molar-refractivity contribution in [2.45, 2.75) is 55.4 Å². The zero-order valence-corrected chi connectivity index (χ0v) is 12.5. The molecule has 0 rings (SSSR count). The summed E-state index contributed by atoms with van der Waals surface area (Å²) in [5.74, 6) is -20.8. The van der Waals surface area contributed by atoms with Crippen LogP contribution in [0.3, 0.4) is 0 Å². The van der Waals surface area contributed by atoms with Crippen LogP contribution >= 0.6 is 0 Å². The second-order valence-corrected chi connectivity index (χ2v) is 5.77. The van der Waals surface area contributed by atoms with Gasteiger partial charge in [-0.15, -0.1) is 0 Å². The predicted octanol–water partition coefficient (Wildman–Crippen LogP) is 0.563. The van der Waals surface area contributed by atoms with Crippen LogP contribution < -0.4 is 18.9 Å². The summed E-state index contributed by atoms with van der Waals surface area (Å²) in [6.07, 6.45) is -5.75. The molecule has 0 saturated carbocycles. The number of alkyl halides is 9. The van der Waals surface area contributed by atoms with Crippen molar-refractivity contribution in [3.63, 3.8) is 0 Å². The first-order chi connectivity index (χ1) is 9.48. The van der Waals surface area contributed by atoms with Crippen molar-refractivity contribution < 1.29 is 71.3 Å². The molecule has 23 heavy (non-hydrogen) atoms. The Kier molecular flexibility index (Phi) is 8.09. The summed E-state index contributed by atoms with van der Waals surface area (Å²) < 4.78 is 146. The maximum absolute atomic E-state index is 13.1. The van der Waals surface area contributed by atoms with Crippen LogP contribution in [-0.4, -0.2) is 42.2 Å². The van der Waals surface area contributed by atoms with E-state index in [9.17, 15) is 52.5 Å². The van der Waals surface area contributed by atoms with E-state index in [4.69, 9.17) is 0 Å². The molecule has 0 aliphatic heterocycles. The van der Waals surface area contributed by atoms with Gasteiger partial charge in [0.2, 0.25) is 0 Å². The molecule has 3 nitrogen and oxygen atoms in total. The minimum Gasteiger partial charge on any atom is -0.743 e. The zero-order chi connectivity index (χ0) is 18.2. The second-order valence-electron chi connectivity index (χ2n) is 4.35. The van der Waals surface area contributed by atoms with Gasteiger partial charge in [-0.1, -0.05) is 19.8 Å². The van der Waals surface area contributed by atoms with Crippen LogP contribution in [0.25, 0.3) is 0 Å². The van der Waals surface area contributed by atoms with Crippen LogP contribution in [0.1, 0.15) is 26.2 Å². The average molecular weight is 376 g/mol. The first kappa shape index (κ1) is 25.1. The minimum absolute atomic E-state index is 0. The normalized spacial score (nSPS) is 16.0. The number of rotatable bonds is 8. The number of hydrogen-bond donors (Lipinski definition) is 0. The summed E-state index contributed by atoms with van der Waals surface area (Å²) in [6.45, 7) is 1.32. The molecule has 134 valence electrons. The summed E-state index contributed by atoms with van der Waals surface area (Å²) in [7, 11) is -7.42. The topological polar surface area (TPSA) is 57.2 Å². The Bertz CT molecular complexity index is 494. The summed E-state index contributed by atoms with van der Waals surface area (Å²) in [6, 6.07) is 0. The van der Waals surface area contributed by atoms with Gasteiger partial charge in [0.05, 0.1) is 0 Å². The first-order valence-corrected chi connectivity index (χ1v) is 7.00. The van der Waals surface area contributed by atoms with Gasteiger partial charge >= 0.3 is 41.9 Å². The monoisotopic (exact) mass is 376 g/mol. The van der Waals surface area contributed by atoms with Gasteiger partial charge < -0.3 is 4.55 Å². The predicted molar refractivity (Wildman–Crippen MR) is 53.9 cm³/mol. The Balaban J connectivity index is 0. The quantitative estimate of drug-likeness (QED) is 0.354. The molecule has 1 unspecified atom stereocenters. The third-order valence-electron chi connectivity index (χ3n) is 2.70. The number of halogens is 9. The third-order valence-corrected chi connectivity index (χ3v) is 3.58. The summed E-state index contributed by atoms with van der Waals surface area (Å²) >= 11 is 0. The maximum atomic E-state index is 13.1. The zero-order valence-electron chi connectivity index (χ0n) is 11.7. The van der Waals surface area contributed by atoms with Crippen molar-refractivity contribution in [2.75, 3.05) is 0 Å². The van der Waals surface area contributed by atoms with Crippen LogP contribution in [0, 0.1) is 0 Å². The minimum atomic E-state index is -7.42. The molecule has 0 aromatic heterocycles. The molecule has 1 atom stereocenters. The first-order valence-electron chi connectivity index (χ1n) is 5.59. The van der Waals surface area contributed by atoms with Gasteiger partial charge in [-0.25, -0.2) is 12.8 Å². The van der Waals surface area contributed by atoms with E-state index in [2.05, 4.69) is 0 Å². The van der Waals surface area contributed by atoms with Gasteiger partial charge in [0.15, 0.2) is 16.3 Å². The van der Waals surface area contributed by atoms with Crippen LogP contribution in [0.4, 0.5) is 39.5 Å². The van der Waals surface area contributed by atoms with Gasteiger partial charge in [-0.3, -0.25) is 0 Å². The molecule has 0 radical (unpaired) electrons. The molecule has 0 spiro atoms. The summed E-state index contributed by atoms with van der Waals surface area (Å²) in [5, 5.41) is -7.06. The van der Waals surface area contributed by atoms with Crippen LogP contribution in [0.5, 0.6) is 0 Å². The summed E-state index contributed by atoms with van der Waals surface area (Å²) in [4.78, 5) is 0. The van der Waals surface area contributed by atoms with E-state index in [-0.39, 0.29) is 25.3 Å². The molecular weight excluding hydrogens is 366 g/mol. The number of hydrogen-bond acceptors (Lipinski definition) is 3. The number of unbranched alkanes of at least 4 members (excludes halogenated alkanes) is 1. The van der Waals surface area contributed by atoms with Gasteiger partial charge in [0.25, 0.3) is 0 Å². The van der Waals surface area contributed by atoms with E-state index in [0.717, 1.165) is 0 Å². The molecule has 0 amide bonds. The van der Waals surface area contributed by atoms with E-state index in [1.165, 1.54) is 6.92 Å². The fourth-order valence-corrected chi connectivity index (χ4v) is 1.75. The van der Waals surface area contributed by atoms with E-state index >= 15 is 0 Å². The molecule has 0 aromatic carbocycles. The molecule has 0 saturated heterocycles. The molecule has 0 bridgehead atoms. The smallest absolute Gasteiger partial charge is 0.743 e. The molecule has 0 N–H and O–H groups in total. The van der Waals surface area contributed by atoms with Crippen molar-refractivity contribution in [1.29, 1.82) is 0 Å². The van der Waals surface area contributed by atoms with Crippen molar-refractivity contribution in [3.05, 3.63) is 0 Å². The van der Waals surface area contributed by atoms with Gasteiger partial charge in [0.1, 0.15) is 0 Å². The van der Waals surface area contributed by atoms with Crippen LogP contribution in [-0.2, 0) is 10.1 Å². The third kappa shape index (κ3) is 4.11. The van der Waals surface area contributed by atoms with Gasteiger partial charge in [0, 0.05) is 0 Å². The Hall–Kier alpha value is -0.123. The van der Waals surface area contributed by atoms with Crippen molar-refractivity contribution in [3.8, 4) is 0 Å². The van der Waals surface area contributed by atoms with Gasteiger partial charge in [-0.2, -0.15) is 35.1 Å². The molecule has 14 heteroatoms. The van der Waals surface area contributed by atoms with E-state index in [1.807, 2.05) is 0 Å². The molecule has 0 heterocycles. The molecule has 0 fully saturated rings. The Morgan fingerprint density at radius 3 is 1.65 bits per heavy atom. The standard InChI is InChI=1S/C9H11F9O3S.Li/c1-2-3-4-5(10)6(11,12)7(13,14)8(15,16)9(17,18)22(19,20)21;/h5H,2-4H2,1H3,(H,19,20,21);/q;+1/p-1. The second kappa shape index (κ2) is 7.41. The van der Waals surface area contributed by atoms with E-state index < -0.39 is 52.2 Å². The van der Waals surface area contributed by atoms with Crippen LogP contribution in [0.15, 0.2) is 0 Å². The molecule has 0 aliphatic rings. The van der Waals surface area contributed by atoms with Gasteiger partial charge in [-0.05, 0) is 6.42 Å². The van der Waals surface area contributed by atoms with E-state index in [1.54, 1.807) is 0 Å². The Morgan fingerprint density at radius 2 is 1.35 bits per heavy atom. The Morgan fingerprint density at radius 1 is 0.957 bits per heavy atom. The molecule has 0 aromatic rings. The van der Waals surface area contributed by atoms with Crippen molar-refractivity contribution in [2.24, 2.45) is 0 Å². The fraction of sp³-hybridized carbons (Fsp3) is 1.00. The fourth-order valence-electron chi connectivity index (χ4n) is 1.31. The SMILES string of the molecule is CCCCC(F)C(F)(F)C(F)(F)C(F)(F)C(F)(F)S(=O)(=O)[O-].[Li+]. The van der Waals surface area contributed by atoms with Crippen LogP contribution in [0.2, 0.25) is 0 Å². The molecular formula is C9H10F9LiO3S. The largest absolute Gasteiger partial charge is 1.00 e. The van der Waals surface area contributed by atoms with Crippen molar-refractivity contribution >= 4 is 10.1 Å².